The Morgan fingerprint density at radius 1 is 0.933 bits per heavy atom. The Labute approximate surface area is 174 Å². The largest absolute Gasteiger partial charge is 0.508 e. The van der Waals surface area contributed by atoms with Crippen LogP contribution in [0.25, 0.3) is 10.9 Å². The zero-order valence-corrected chi connectivity index (χ0v) is 16.4. The van der Waals surface area contributed by atoms with E-state index < -0.39 is 0 Å². The number of aromatic hydroxyl groups is 1. The van der Waals surface area contributed by atoms with Gasteiger partial charge < -0.3 is 9.84 Å². The predicted molar refractivity (Wildman–Crippen MR) is 120 cm³/mol. The number of phenolic OH excluding ortho intramolecular Hbond substituents is 1. The van der Waals surface area contributed by atoms with E-state index in [2.05, 4.69) is 10.5 Å². The summed E-state index contributed by atoms with van der Waals surface area (Å²) in [7, 11) is 1.61. The Balaban J connectivity index is 1.71. The molecule has 0 aliphatic rings. The molecule has 3 aromatic carbocycles. The number of nitrogens with zero attached hydrogens (tertiary/aromatic N) is 3. The number of amidine groups is 1. The molecule has 1 heterocycles. The number of hydrogen-bond donors (Lipinski definition) is 2. The SMILES string of the molecule is COc1ccccc1N=C(NN=Cc1ccc(O)cc1)c1ccc2ccccc2n1. The fraction of sp³-hybridized carbons (Fsp3) is 0.0417. The highest BCUT2D eigenvalue weighted by molar-refractivity contribution is 6.01. The molecule has 0 aliphatic carbocycles. The molecule has 0 aliphatic heterocycles. The van der Waals surface area contributed by atoms with Crippen LogP contribution in [0.3, 0.4) is 0 Å². The summed E-state index contributed by atoms with van der Waals surface area (Å²) in [4.78, 5) is 9.44. The average molecular weight is 396 g/mol. The summed E-state index contributed by atoms with van der Waals surface area (Å²) in [5, 5.41) is 14.8. The van der Waals surface area contributed by atoms with Crippen LogP contribution in [-0.4, -0.2) is 29.3 Å². The van der Waals surface area contributed by atoms with Crippen LogP contribution in [0.1, 0.15) is 11.3 Å². The number of fused-ring (bicyclic) bond motifs is 1. The van der Waals surface area contributed by atoms with Gasteiger partial charge >= 0.3 is 0 Å². The minimum atomic E-state index is 0.207. The van der Waals surface area contributed by atoms with Crippen molar-refractivity contribution in [2.75, 3.05) is 7.11 Å². The Morgan fingerprint density at radius 3 is 2.53 bits per heavy atom. The first kappa shape index (κ1) is 19.1. The molecule has 0 saturated carbocycles. The number of hydrogen-bond acceptors (Lipinski definition) is 5. The quantitative estimate of drug-likeness (QED) is 0.292. The Hall–Kier alpha value is -4.19. The van der Waals surface area contributed by atoms with Gasteiger partial charge in [0.25, 0.3) is 0 Å². The van der Waals surface area contributed by atoms with Gasteiger partial charge in [-0.05, 0) is 54.1 Å². The second kappa shape index (κ2) is 8.87. The monoisotopic (exact) mass is 396 g/mol. The summed E-state index contributed by atoms with van der Waals surface area (Å²) in [6.45, 7) is 0. The van der Waals surface area contributed by atoms with E-state index in [1.165, 1.54) is 0 Å². The highest BCUT2D eigenvalue weighted by Gasteiger charge is 2.09. The topological polar surface area (TPSA) is 79.1 Å². The summed E-state index contributed by atoms with van der Waals surface area (Å²) < 4.78 is 5.42. The first-order valence-corrected chi connectivity index (χ1v) is 9.39. The summed E-state index contributed by atoms with van der Waals surface area (Å²) in [6.07, 6.45) is 1.65. The second-order valence-corrected chi connectivity index (χ2v) is 6.48. The van der Waals surface area contributed by atoms with E-state index in [1.54, 1.807) is 37.6 Å². The number of benzene rings is 3. The highest BCUT2D eigenvalue weighted by Crippen LogP contribution is 2.27. The smallest absolute Gasteiger partial charge is 0.173 e. The summed E-state index contributed by atoms with van der Waals surface area (Å²) in [6, 6.07) is 26.1. The van der Waals surface area contributed by atoms with E-state index in [-0.39, 0.29) is 5.75 Å². The van der Waals surface area contributed by atoms with Crippen molar-refractivity contribution >= 4 is 28.6 Å². The van der Waals surface area contributed by atoms with Gasteiger partial charge in [0, 0.05) is 5.39 Å². The fourth-order valence-electron chi connectivity index (χ4n) is 2.91. The molecular formula is C24H20N4O2. The molecule has 0 radical (unpaired) electrons. The summed E-state index contributed by atoms with van der Waals surface area (Å²) >= 11 is 0. The number of pyridine rings is 1. The van der Waals surface area contributed by atoms with E-state index in [1.807, 2.05) is 60.7 Å². The summed E-state index contributed by atoms with van der Waals surface area (Å²) in [5.74, 6) is 1.35. The number of hydrazone groups is 1. The minimum absolute atomic E-state index is 0.207. The van der Waals surface area contributed by atoms with E-state index in [0.717, 1.165) is 16.5 Å². The number of nitrogens with one attached hydrogen (secondary N) is 1. The molecule has 30 heavy (non-hydrogen) atoms. The normalized spacial score (nSPS) is 11.7. The molecular weight excluding hydrogens is 376 g/mol. The molecule has 0 saturated heterocycles. The third kappa shape index (κ3) is 4.44. The van der Waals surface area contributed by atoms with E-state index >= 15 is 0 Å². The molecule has 0 spiro atoms. The first-order valence-electron chi connectivity index (χ1n) is 9.39. The van der Waals surface area contributed by atoms with Crippen LogP contribution in [0.4, 0.5) is 5.69 Å². The van der Waals surface area contributed by atoms with Gasteiger partial charge in [0.05, 0.1) is 18.8 Å². The lowest BCUT2D eigenvalue weighted by Crippen LogP contribution is -2.20. The van der Waals surface area contributed by atoms with Crippen LogP contribution in [0.5, 0.6) is 11.5 Å². The molecule has 148 valence electrons. The van der Waals surface area contributed by atoms with Gasteiger partial charge in [0.15, 0.2) is 5.84 Å². The van der Waals surface area contributed by atoms with Crippen molar-refractivity contribution in [3.63, 3.8) is 0 Å². The molecule has 0 bridgehead atoms. The van der Waals surface area contributed by atoms with Crippen LogP contribution in [0.15, 0.2) is 95.0 Å². The van der Waals surface area contributed by atoms with Gasteiger partial charge in [-0.3, -0.25) is 5.43 Å². The van der Waals surface area contributed by atoms with E-state index in [4.69, 9.17) is 14.7 Å². The van der Waals surface area contributed by atoms with Crippen molar-refractivity contribution in [3.05, 3.63) is 96.2 Å². The maximum Gasteiger partial charge on any atom is 0.173 e. The van der Waals surface area contributed by atoms with Crippen LogP contribution in [-0.2, 0) is 0 Å². The lowest BCUT2D eigenvalue weighted by atomic mass is 10.2. The zero-order chi connectivity index (χ0) is 20.8. The number of methoxy groups -OCH3 is 1. The van der Waals surface area contributed by atoms with E-state index in [0.29, 0.717) is 23.0 Å². The van der Waals surface area contributed by atoms with Gasteiger partial charge in [-0.15, -0.1) is 0 Å². The molecule has 6 nitrogen and oxygen atoms in total. The van der Waals surface area contributed by atoms with Gasteiger partial charge in [0.1, 0.15) is 22.9 Å². The van der Waals surface area contributed by atoms with Crippen LogP contribution < -0.4 is 10.2 Å². The Bertz CT molecular complexity index is 1220. The molecule has 0 amide bonds. The van der Waals surface area contributed by atoms with Crippen molar-refractivity contribution in [2.24, 2.45) is 10.1 Å². The number of phenols is 1. The van der Waals surface area contributed by atoms with Crippen LogP contribution in [0.2, 0.25) is 0 Å². The molecule has 1 aromatic heterocycles. The molecule has 2 N–H and O–H groups in total. The molecule has 0 fully saturated rings. The van der Waals surface area contributed by atoms with Gasteiger partial charge in [-0.25, -0.2) is 9.98 Å². The van der Waals surface area contributed by atoms with Crippen molar-refractivity contribution in [2.45, 2.75) is 0 Å². The standard InChI is InChI=1S/C24H20N4O2/c1-30-23-9-5-4-8-21(23)27-24(28-25-16-17-10-13-19(29)14-11-17)22-15-12-18-6-2-3-7-20(18)26-22/h2-16,29H,1H3,(H,27,28). The molecule has 0 unspecified atom stereocenters. The van der Waals surface area contributed by atoms with Gasteiger partial charge in [-0.2, -0.15) is 5.10 Å². The van der Waals surface area contributed by atoms with Gasteiger partial charge in [-0.1, -0.05) is 36.4 Å². The maximum absolute atomic E-state index is 9.42. The number of ether oxygens (including phenoxy) is 1. The second-order valence-electron chi connectivity index (χ2n) is 6.48. The molecule has 0 atom stereocenters. The Kier molecular flexibility index (Phi) is 5.66. The number of para-hydroxylation sites is 3. The highest BCUT2D eigenvalue weighted by atomic mass is 16.5. The lowest BCUT2D eigenvalue weighted by Gasteiger charge is -2.09. The number of rotatable bonds is 5. The molecule has 6 heteroatoms. The minimum Gasteiger partial charge on any atom is -0.508 e. The van der Waals surface area contributed by atoms with Gasteiger partial charge in [0.2, 0.25) is 0 Å². The van der Waals surface area contributed by atoms with Crippen LogP contribution in [0, 0.1) is 0 Å². The third-order valence-electron chi connectivity index (χ3n) is 4.44. The first-order chi connectivity index (χ1) is 14.7. The number of aliphatic imine (C=N–C) groups is 1. The number of aromatic nitrogens is 1. The zero-order valence-electron chi connectivity index (χ0n) is 16.4. The summed E-state index contributed by atoms with van der Waals surface area (Å²) in [5.41, 5.74) is 6.03. The lowest BCUT2D eigenvalue weighted by molar-refractivity contribution is 0.416. The molecule has 4 rings (SSSR count). The van der Waals surface area contributed by atoms with Crippen molar-refractivity contribution in [1.82, 2.24) is 10.4 Å². The predicted octanol–water partition coefficient (Wildman–Crippen LogP) is 4.65. The van der Waals surface area contributed by atoms with Crippen molar-refractivity contribution in [3.8, 4) is 11.5 Å². The van der Waals surface area contributed by atoms with Crippen LogP contribution >= 0.6 is 0 Å². The average Bonchev–Trinajstić information content (AvgIpc) is 2.79. The maximum atomic E-state index is 9.42. The van der Waals surface area contributed by atoms with Crippen molar-refractivity contribution < 1.29 is 9.84 Å². The third-order valence-corrected chi connectivity index (χ3v) is 4.44. The van der Waals surface area contributed by atoms with Crippen molar-refractivity contribution in [1.29, 1.82) is 0 Å². The fourth-order valence-corrected chi connectivity index (χ4v) is 2.91. The van der Waals surface area contributed by atoms with E-state index in [9.17, 15) is 5.11 Å². The molecule has 4 aromatic rings. The Morgan fingerprint density at radius 2 is 1.70 bits per heavy atom.